The first kappa shape index (κ1) is 16.9. The molecule has 0 radical (unpaired) electrons. The Hall–Kier alpha value is -2.11. The average molecular weight is 297 g/mol. The molecule has 21 heavy (non-hydrogen) atoms. The SMILES string of the molecule is CC(C)(CCNC(=O)CCOc1ccccc1F)C(=O)O. The summed E-state index contributed by atoms with van der Waals surface area (Å²) >= 11 is 0. The van der Waals surface area contributed by atoms with Gasteiger partial charge in [-0.1, -0.05) is 12.1 Å². The maximum Gasteiger partial charge on any atom is 0.309 e. The summed E-state index contributed by atoms with van der Waals surface area (Å²) in [7, 11) is 0. The van der Waals surface area contributed by atoms with E-state index in [1.807, 2.05) is 0 Å². The van der Waals surface area contributed by atoms with Gasteiger partial charge >= 0.3 is 5.97 Å². The van der Waals surface area contributed by atoms with Crippen molar-refractivity contribution < 1.29 is 23.8 Å². The molecule has 0 heterocycles. The van der Waals surface area contributed by atoms with E-state index in [4.69, 9.17) is 9.84 Å². The number of halogens is 1. The van der Waals surface area contributed by atoms with Crippen LogP contribution in [0.5, 0.6) is 5.75 Å². The molecule has 0 spiro atoms. The standard InChI is InChI=1S/C15H20FNO4/c1-15(2,14(19)20)8-9-17-13(18)7-10-21-12-6-4-3-5-11(12)16/h3-6H,7-10H2,1-2H3,(H,17,18)(H,19,20). The molecule has 1 amide bonds. The third kappa shape index (κ3) is 5.81. The van der Waals surface area contributed by atoms with Gasteiger partial charge in [0.05, 0.1) is 18.4 Å². The van der Waals surface area contributed by atoms with Crippen molar-refractivity contribution in [2.45, 2.75) is 26.7 Å². The molecule has 0 aromatic heterocycles. The number of para-hydroxylation sites is 1. The summed E-state index contributed by atoms with van der Waals surface area (Å²) in [6, 6.07) is 5.97. The van der Waals surface area contributed by atoms with Gasteiger partial charge in [0.2, 0.25) is 5.91 Å². The number of benzene rings is 1. The lowest BCUT2D eigenvalue weighted by Gasteiger charge is -2.18. The highest BCUT2D eigenvalue weighted by Gasteiger charge is 2.26. The highest BCUT2D eigenvalue weighted by atomic mass is 19.1. The molecule has 0 bridgehead atoms. The Balaban J connectivity index is 2.23. The molecule has 5 nitrogen and oxygen atoms in total. The fourth-order valence-electron chi connectivity index (χ4n) is 1.53. The summed E-state index contributed by atoms with van der Waals surface area (Å²) in [5.74, 6) is -1.52. The van der Waals surface area contributed by atoms with Crippen molar-refractivity contribution in [1.29, 1.82) is 0 Å². The van der Waals surface area contributed by atoms with Gasteiger partial charge in [0.15, 0.2) is 11.6 Å². The van der Waals surface area contributed by atoms with Gasteiger partial charge in [0, 0.05) is 6.54 Å². The number of carboxylic acid groups (broad SMARTS) is 1. The Kier molecular flexibility index (Phi) is 6.14. The first-order valence-electron chi connectivity index (χ1n) is 6.70. The predicted molar refractivity (Wildman–Crippen MR) is 75.6 cm³/mol. The van der Waals surface area contributed by atoms with Gasteiger partial charge in [-0.3, -0.25) is 9.59 Å². The minimum atomic E-state index is -0.903. The highest BCUT2D eigenvalue weighted by molar-refractivity contribution is 5.76. The smallest absolute Gasteiger partial charge is 0.309 e. The third-order valence-electron chi connectivity index (χ3n) is 3.07. The maximum absolute atomic E-state index is 13.2. The van der Waals surface area contributed by atoms with Crippen LogP contribution in [0.25, 0.3) is 0 Å². The number of carboxylic acids is 1. The van der Waals surface area contributed by atoms with Gasteiger partial charge in [0.25, 0.3) is 0 Å². The molecule has 0 unspecified atom stereocenters. The van der Waals surface area contributed by atoms with E-state index in [-0.39, 0.29) is 31.2 Å². The van der Waals surface area contributed by atoms with E-state index in [0.717, 1.165) is 0 Å². The Labute approximate surface area is 123 Å². The normalized spacial score (nSPS) is 11.0. The molecule has 6 heteroatoms. The molecule has 0 fully saturated rings. The van der Waals surface area contributed by atoms with Crippen LogP contribution < -0.4 is 10.1 Å². The minimum absolute atomic E-state index is 0.0646. The minimum Gasteiger partial charge on any atom is -0.490 e. The molecular formula is C15H20FNO4. The quantitative estimate of drug-likeness (QED) is 0.771. The summed E-state index contributed by atoms with van der Waals surface area (Å²) in [5.41, 5.74) is -0.878. The van der Waals surface area contributed by atoms with Crippen LogP contribution in [0.4, 0.5) is 4.39 Å². The van der Waals surface area contributed by atoms with Crippen LogP contribution in [0, 0.1) is 11.2 Å². The maximum atomic E-state index is 13.2. The summed E-state index contributed by atoms with van der Waals surface area (Å²) in [5, 5.41) is 11.6. The number of aliphatic carboxylic acids is 1. The monoisotopic (exact) mass is 297 g/mol. The Morgan fingerprint density at radius 2 is 2.00 bits per heavy atom. The molecule has 0 aliphatic heterocycles. The molecule has 1 aromatic rings. The number of ether oxygens (including phenoxy) is 1. The van der Waals surface area contributed by atoms with E-state index in [0.29, 0.717) is 6.42 Å². The fourth-order valence-corrected chi connectivity index (χ4v) is 1.53. The zero-order chi connectivity index (χ0) is 15.9. The Morgan fingerprint density at radius 1 is 1.33 bits per heavy atom. The van der Waals surface area contributed by atoms with E-state index in [1.54, 1.807) is 26.0 Å². The lowest BCUT2D eigenvalue weighted by Crippen LogP contribution is -2.32. The lowest BCUT2D eigenvalue weighted by molar-refractivity contribution is -0.147. The van der Waals surface area contributed by atoms with Crippen LogP contribution in [-0.2, 0) is 9.59 Å². The van der Waals surface area contributed by atoms with Crippen molar-refractivity contribution >= 4 is 11.9 Å². The number of hydrogen-bond acceptors (Lipinski definition) is 3. The third-order valence-corrected chi connectivity index (χ3v) is 3.07. The average Bonchev–Trinajstić information content (AvgIpc) is 2.40. The van der Waals surface area contributed by atoms with Crippen molar-refractivity contribution in [3.8, 4) is 5.75 Å². The second-order valence-electron chi connectivity index (χ2n) is 5.32. The van der Waals surface area contributed by atoms with Gasteiger partial charge in [-0.25, -0.2) is 4.39 Å². The second-order valence-corrected chi connectivity index (χ2v) is 5.32. The highest BCUT2D eigenvalue weighted by Crippen LogP contribution is 2.19. The van der Waals surface area contributed by atoms with E-state index >= 15 is 0 Å². The van der Waals surface area contributed by atoms with Crippen molar-refractivity contribution in [1.82, 2.24) is 5.32 Å². The molecule has 116 valence electrons. The number of hydrogen-bond donors (Lipinski definition) is 2. The van der Waals surface area contributed by atoms with Gasteiger partial charge in [-0.2, -0.15) is 0 Å². The fraction of sp³-hybridized carbons (Fsp3) is 0.467. The molecule has 1 rings (SSSR count). The van der Waals surface area contributed by atoms with Crippen molar-refractivity contribution in [3.05, 3.63) is 30.1 Å². The Morgan fingerprint density at radius 3 is 2.62 bits per heavy atom. The van der Waals surface area contributed by atoms with Crippen LogP contribution in [0.1, 0.15) is 26.7 Å². The number of nitrogens with one attached hydrogen (secondary N) is 1. The van der Waals surface area contributed by atoms with E-state index < -0.39 is 17.2 Å². The second kappa shape index (κ2) is 7.61. The Bertz CT molecular complexity index is 502. The van der Waals surface area contributed by atoms with Crippen LogP contribution >= 0.6 is 0 Å². The largest absolute Gasteiger partial charge is 0.490 e. The topological polar surface area (TPSA) is 75.6 Å². The zero-order valence-electron chi connectivity index (χ0n) is 12.2. The molecule has 0 atom stereocenters. The van der Waals surface area contributed by atoms with E-state index in [2.05, 4.69) is 5.32 Å². The molecular weight excluding hydrogens is 277 g/mol. The van der Waals surface area contributed by atoms with Crippen LogP contribution in [0.3, 0.4) is 0 Å². The zero-order valence-corrected chi connectivity index (χ0v) is 12.2. The number of carbonyl (C=O) groups excluding carboxylic acids is 1. The van der Waals surface area contributed by atoms with Crippen molar-refractivity contribution in [2.75, 3.05) is 13.2 Å². The number of carbonyl (C=O) groups is 2. The van der Waals surface area contributed by atoms with Crippen LogP contribution in [-0.4, -0.2) is 30.1 Å². The van der Waals surface area contributed by atoms with Crippen molar-refractivity contribution in [2.24, 2.45) is 5.41 Å². The number of amides is 1. The van der Waals surface area contributed by atoms with Crippen molar-refractivity contribution in [3.63, 3.8) is 0 Å². The molecule has 2 N–H and O–H groups in total. The first-order chi connectivity index (χ1) is 9.83. The van der Waals surface area contributed by atoms with Gasteiger partial charge in [-0.15, -0.1) is 0 Å². The molecule has 0 aliphatic rings. The molecule has 1 aromatic carbocycles. The van der Waals surface area contributed by atoms with Gasteiger partial charge in [-0.05, 0) is 32.4 Å². The number of rotatable bonds is 8. The lowest BCUT2D eigenvalue weighted by atomic mass is 9.90. The van der Waals surface area contributed by atoms with E-state index in [9.17, 15) is 14.0 Å². The van der Waals surface area contributed by atoms with Crippen LogP contribution in [0.2, 0.25) is 0 Å². The summed E-state index contributed by atoms with van der Waals surface area (Å²) in [6.07, 6.45) is 0.421. The summed E-state index contributed by atoms with van der Waals surface area (Å²) < 4.78 is 18.4. The van der Waals surface area contributed by atoms with E-state index in [1.165, 1.54) is 12.1 Å². The first-order valence-corrected chi connectivity index (χ1v) is 6.70. The predicted octanol–water partition coefficient (Wildman–Crippen LogP) is 2.21. The van der Waals surface area contributed by atoms with Gasteiger partial charge in [0.1, 0.15) is 0 Å². The summed E-state index contributed by atoms with van der Waals surface area (Å²) in [6.45, 7) is 3.54. The molecule has 0 saturated heterocycles. The van der Waals surface area contributed by atoms with Crippen LogP contribution in [0.15, 0.2) is 24.3 Å². The molecule has 0 saturated carbocycles. The van der Waals surface area contributed by atoms with Gasteiger partial charge < -0.3 is 15.2 Å². The summed E-state index contributed by atoms with van der Waals surface area (Å²) in [4.78, 5) is 22.4. The molecule has 0 aliphatic carbocycles.